The molecule has 0 spiro atoms. The van der Waals surface area contributed by atoms with Crippen molar-refractivity contribution in [2.24, 2.45) is 0 Å². The lowest BCUT2D eigenvalue weighted by molar-refractivity contribution is -0.131. The van der Waals surface area contributed by atoms with Crippen molar-refractivity contribution >= 4 is 22.1 Å². The highest BCUT2D eigenvalue weighted by Gasteiger charge is 2.27. The highest BCUT2D eigenvalue weighted by atomic mass is 32.2. The quantitative estimate of drug-likeness (QED) is 0.794. The van der Waals surface area contributed by atoms with Crippen LogP contribution in [0, 0.1) is 0 Å². The summed E-state index contributed by atoms with van der Waals surface area (Å²) in [6.07, 6.45) is 4.97. The lowest BCUT2D eigenvalue weighted by Gasteiger charge is -2.31. The topological polar surface area (TPSA) is 90.8 Å². The van der Waals surface area contributed by atoms with E-state index >= 15 is 0 Å². The van der Waals surface area contributed by atoms with Crippen molar-refractivity contribution in [3.05, 3.63) is 30.1 Å². The van der Waals surface area contributed by atoms with Crippen molar-refractivity contribution in [3.63, 3.8) is 0 Å². The molecule has 1 aromatic rings. The summed E-state index contributed by atoms with van der Waals surface area (Å²) >= 11 is 0. The molecule has 0 aliphatic carbocycles. The number of aliphatic carboxylic acids is 1. The van der Waals surface area contributed by atoms with Gasteiger partial charge in [0.15, 0.2) is 0 Å². The molecular weight excluding hydrogens is 294 g/mol. The van der Waals surface area contributed by atoms with Crippen LogP contribution in [0.2, 0.25) is 0 Å². The van der Waals surface area contributed by atoms with Gasteiger partial charge in [0, 0.05) is 44.6 Å². The zero-order valence-electron chi connectivity index (χ0n) is 11.6. The molecule has 0 bridgehead atoms. The molecule has 1 aliphatic heterocycles. The molecule has 8 heteroatoms. The summed E-state index contributed by atoms with van der Waals surface area (Å²) in [7, 11) is -1.64. The third kappa shape index (κ3) is 3.87. The fourth-order valence-corrected chi connectivity index (χ4v) is 3.43. The number of hydrogen-bond acceptors (Lipinski definition) is 5. The van der Waals surface area contributed by atoms with Gasteiger partial charge in [-0.15, -0.1) is 0 Å². The molecule has 2 rings (SSSR count). The maximum absolute atomic E-state index is 12.5. The molecule has 0 unspecified atom stereocenters. The van der Waals surface area contributed by atoms with Gasteiger partial charge in [0.2, 0.25) is 10.0 Å². The number of nitrogens with zero attached hydrogens (tertiary/aromatic N) is 3. The van der Waals surface area contributed by atoms with Gasteiger partial charge in [-0.25, -0.2) is 13.2 Å². The first-order chi connectivity index (χ1) is 9.89. The van der Waals surface area contributed by atoms with Gasteiger partial charge in [0.25, 0.3) is 0 Å². The summed E-state index contributed by atoms with van der Waals surface area (Å²) in [4.78, 5) is 16.5. The molecule has 114 valence electrons. The lowest BCUT2D eigenvalue weighted by Crippen LogP contribution is -2.47. The summed E-state index contributed by atoms with van der Waals surface area (Å²) in [5, 5.41) is 8.59. The Balaban J connectivity index is 2.24. The van der Waals surface area contributed by atoms with Crippen molar-refractivity contribution in [3.8, 4) is 0 Å². The standard InChI is InChI=1S/C13H17N3O4S/c1-15-4-6-16(7-5-15)21(19,20)12-8-11(9-14-10-12)2-3-13(17)18/h2-3,8-10H,4-7H2,1H3,(H,17,18). The lowest BCUT2D eigenvalue weighted by atomic mass is 10.2. The number of carboxylic acids is 1. The number of pyridine rings is 1. The monoisotopic (exact) mass is 311 g/mol. The van der Waals surface area contributed by atoms with E-state index in [0.717, 1.165) is 6.08 Å². The highest BCUT2D eigenvalue weighted by Crippen LogP contribution is 2.18. The molecule has 0 radical (unpaired) electrons. The molecule has 1 fully saturated rings. The SMILES string of the molecule is CN1CCN(S(=O)(=O)c2cncc(C=CC(=O)O)c2)CC1. The second-order valence-electron chi connectivity index (χ2n) is 4.83. The predicted molar refractivity (Wildman–Crippen MR) is 77.2 cm³/mol. The van der Waals surface area contributed by atoms with Gasteiger partial charge in [-0.05, 0) is 24.8 Å². The number of hydrogen-bond donors (Lipinski definition) is 1. The van der Waals surface area contributed by atoms with Crippen molar-refractivity contribution in [1.29, 1.82) is 0 Å². The zero-order valence-corrected chi connectivity index (χ0v) is 12.5. The summed E-state index contributed by atoms with van der Waals surface area (Å²) in [5.74, 6) is -1.10. The van der Waals surface area contributed by atoms with E-state index in [9.17, 15) is 13.2 Å². The van der Waals surface area contributed by atoms with Crippen LogP contribution in [0.25, 0.3) is 6.08 Å². The minimum absolute atomic E-state index is 0.0830. The van der Waals surface area contributed by atoms with Crippen molar-refractivity contribution < 1.29 is 18.3 Å². The average molecular weight is 311 g/mol. The smallest absolute Gasteiger partial charge is 0.328 e. The Hall–Kier alpha value is -1.77. The van der Waals surface area contributed by atoms with Gasteiger partial charge >= 0.3 is 5.97 Å². The van der Waals surface area contributed by atoms with Gasteiger partial charge in [0.05, 0.1) is 0 Å². The molecule has 1 N–H and O–H groups in total. The Morgan fingerprint density at radius 3 is 2.57 bits per heavy atom. The number of aromatic nitrogens is 1. The Bertz CT molecular complexity index is 649. The average Bonchev–Trinajstić information content (AvgIpc) is 2.46. The molecule has 0 saturated carbocycles. The number of piperazine rings is 1. The van der Waals surface area contributed by atoms with E-state index in [0.29, 0.717) is 31.7 Å². The predicted octanol–water partition coefficient (Wildman–Crippen LogP) is 0.116. The van der Waals surface area contributed by atoms with Crippen LogP contribution in [-0.4, -0.2) is 66.9 Å². The number of carboxylic acid groups (broad SMARTS) is 1. The second kappa shape index (κ2) is 6.33. The second-order valence-corrected chi connectivity index (χ2v) is 6.77. The molecular formula is C13H17N3O4S. The van der Waals surface area contributed by atoms with Crippen LogP contribution in [0.1, 0.15) is 5.56 Å². The minimum atomic E-state index is -3.58. The van der Waals surface area contributed by atoms with Crippen molar-refractivity contribution in [2.45, 2.75) is 4.90 Å². The van der Waals surface area contributed by atoms with Crippen LogP contribution in [0.5, 0.6) is 0 Å². The van der Waals surface area contributed by atoms with Crippen molar-refractivity contribution in [1.82, 2.24) is 14.2 Å². The van der Waals surface area contributed by atoms with Gasteiger partial charge < -0.3 is 10.0 Å². The molecule has 1 aliphatic rings. The third-order valence-corrected chi connectivity index (χ3v) is 5.12. The van der Waals surface area contributed by atoms with Crippen LogP contribution in [0.4, 0.5) is 0 Å². The van der Waals surface area contributed by atoms with Gasteiger partial charge in [0.1, 0.15) is 4.90 Å². The van der Waals surface area contributed by atoms with Gasteiger partial charge in [-0.2, -0.15) is 4.31 Å². The Morgan fingerprint density at radius 2 is 1.95 bits per heavy atom. The third-order valence-electron chi connectivity index (χ3n) is 3.25. The maximum Gasteiger partial charge on any atom is 0.328 e. The van der Waals surface area contributed by atoms with Crippen LogP contribution >= 0.6 is 0 Å². The maximum atomic E-state index is 12.5. The normalized spacial score (nSPS) is 18.1. The molecule has 1 aromatic heterocycles. The largest absolute Gasteiger partial charge is 0.478 e. The van der Waals surface area contributed by atoms with E-state index in [2.05, 4.69) is 9.88 Å². The Labute approximate surface area is 123 Å². The van der Waals surface area contributed by atoms with Gasteiger partial charge in [-0.1, -0.05) is 0 Å². The van der Waals surface area contributed by atoms with Crippen LogP contribution < -0.4 is 0 Å². The minimum Gasteiger partial charge on any atom is -0.478 e. The molecule has 1 saturated heterocycles. The van der Waals surface area contributed by atoms with Gasteiger partial charge in [-0.3, -0.25) is 4.98 Å². The van der Waals surface area contributed by atoms with Crippen LogP contribution in [-0.2, 0) is 14.8 Å². The summed E-state index contributed by atoms with van der Waals surface area (Å²) in [6, 6.07) is 1.43. The summed E-state index contributed by atoms with van der Waals surface area (Å²) in [5.41, 5.74) is 0.438. The van der Waals surface area contributed by atoms with E-state index in [-0.39, 0.29) is 4.90 Å². The summed E-state index contributed by atoms with van der Waals surface area (Å²) < 4.78 is 26.4. The van der Waals surface area contributed by atoms with E-state index in [4.69, 9.17) is 5.11 Å². The zero-order chi connectivity index (χ0) is 15.5. The summed E-state index contributed by atoms with van der Waals surface area (Å²) in [6.45, 7) is 2.25. The fraction of sp³-hybridized carbons (Fsp3) is 0.385. The van der Waals surface area contributed by atoms with Crippen LogP contribution in [0.15, 0.2) is 29.4 Å². The number of carbonyl (C=O) groups is 1. The fourth-order valence-electron chi connectivity index (χ4n) is 2.01. The highest BCUT2D eigenvalue weighted by molar-refractivity contribution is 7.89. The number of sulfonamides is 1. The molecule has 21 heavy (non-hydrogen) atoms. The van der Waals surface area contributed by atoms with Crippen LogP contribution in [0.3, 0.4) is 0 Å². The Kier molecular flexibility index (Phi) is 4.71. The first-order valence-corrected chi connectivity index (χ1v) is 7.88. The molecule has 0 amide bonds. The first kappa shape index (κ1) is 15.6. The van der Waals surface area contributed by atoms with E-state index in [1.165, 1.54) is 28.8 Å². The number of rotatable bonds is 4. The van der Waals surface area contributed by atoms with E-state index < -0.39 is 16.0 Å². The molecule has 0 aromatic carbocycles. The van der Waals surface area contributed by atoms with Crippen molar-refractivity contribution in [2.75, 3.05) is 33.2 Å². The molecule has 7 nitrogen and oxygen atoms in total. The Morgan fingerprint density at radius 1 is 1.29 bits per heavy atom. The van der Waals surface area contributed by atoms with E-state index in [1.54, 1.807) is 0 Å². The molecule has 2 heterocycles. The first-order valence-electron chi connectivity index (χ1n) is 6.44. The van der Waals surface area contributed by atoms with E-state index in [1.807, 2.05) is 7.05 Å². The molecule has 0 atom stereocenters. The number of likely N-dealkylation sites (N-methyl/N-ethyl adjacent to an activating group) is 1.